The molecule has 3 nitrogen and oxygen atoms in total. The van der Waals surface area contributed by atoms with Crippen molar-refractivity contribution in [2.75, 3.05) is 0 Å². The van der Waals surface area contributed by atoms with E-state index in [2.05, 4.69) is 0 Å². The van der Waals surface area contributed by atoms with E-state index in [-0.39, 0.29) is 22.9 Å². The van der Waals surface area contributed by atoms with E-state index in [4.69, 9.17) is 0 Å². The second-order valence-corrected chi connectivity index (χ2v) is 3.70. The number of aromatic hydroxyl groups is 1. The van der Waals surface area contributed by atoms with E-state index in [1.54, 1.807) is 13.8 Å². The van der Waals surface area contributed by atoms with Gasteiger partial charge in [-0.1, -0.05) is 0 Å². The maximum absolute atomic E-state index is 11.4. The fraction of sp³-hybridized carbons (Fsp3) is 0.333. The van der Waals surface area contributed by atoms with Crippen LogP contribution >= 0.6 is 0 Å². The Bertz CT molecular complexity index is 406. The van der Waals surface area contributed by atoms with Crippen molar-refractivity contribution in [2.24, 2.45) is 0 Å². The molecular weight excluding hydrogens is 192 g/mol. The smallest absolute Gasteiger partial charge is 0.163 e. The van der Waals surface area contributed by atoms with Crippen LogP contribution in [-0.4, -0.2) is 16.7 Å². The van der Waals surface area contributed by atoms with Crippen LogP contribution in [0.4, 0.5) is 0 Å². The average molecular weight is 206 g/mol. The molecule has 0 bridgehead atoms. The first kappa shape index (κ1) is 11.4. The van der Waals surface area contributed by atoms with E-state index in [1.165, 1.54) is 19.9 Å². The fourth-order valence-corrected chi connectivity index (χ4v) is 1.95. The first-order valence-corrected chi connectivity index (χ1v) is 4.71. The predicted octanol–water partition coefficient (Wildman–Crippen LogP) is 2.41. The molecule has 1 aromatic carbocycles. The number of aryl methyl sites for hydroxylation is 1. The second kappa shape index (κ2) is 3.85. The molecule has 0 saturated carbocycles. The van der Waals surface area contributed by atoms with Crippen molar-refractivity contribution >= 4 is 11.6 Å². The third-order valence-electron chi connectivity index (χ3n) is 2.46. The maximum Gasteiger partial charge on any atom is 0.163 e. The lowest BCUT2D eigenvalue weighted by molar-refractivity contribution is 0.101. The van der Waals surface area contributed by atoms with E-state index >= 15 is 0 Å². The molecule has 80 valence electrons. The number of carbonyl (C=O) groups excluding carboxylic acids is 2. The molecule has 0 fully saturated rings. The highest BCUT2D eigenvalue weighted by molar-refractivity contribution is 6.04. The van der Waals surface area contributed by atoms with Crippen LogP contribution in [0.5, 0.6) is 5.75 Å². The lowest BCUT2D eigenvalue weighted by atomic mass is 9.93. The van der Waals surface area contributed by atoms with Crippen LogP contribution in [0.3, 0.4) is 0 Å². The highest BCUT2D eigenvalue weighted by atomic mass is 16.3. The van der Waals surface area contributed by atoms with Crippen LogP contribution in [0, 0.1) is 13.8 Å². The fourth-order valence-electron chi connectivity index (χ4n) is 1.95. The number of hydrogen-bond acceptors (Lipinski definition) is 3. The van der Waals surface area contributed by atoms with Gasteiger partial charge in [-0.3, -0.25) is 9.59 Å². The minimum absolute atomic E-state index is 0.0532. The molecule has 0 aliphatic carbocycles. The van der Waals surface area contributed by atoms with Gasteiger partial charge < -0.3 is 5.11 Å². The molecule has 0 atom stereocenters. The Morgan fingerprint density at radius 2 is 1.53 bits per heavy atom. The monoisotopic (exact) mass is 206 g/mol. The minimum Gasteiger partial charge on any atom is -0.507 e. The molecule has 0 aromatic heterocycles. The van der Waals surface area contributed by atoms with E-state index in [0.29, 0.717) is 16.7 Å². The Morgan fingerprint density at radius 1 is 1.07 bits per heavy atom. The number of Topliss-reactive ketones (excluding diaryl/α,β-unsaturated/α-hetero) is 2. The molecule has 0 radical (unpaired) electrons. The number of hydrogen-bond donors (Lipinski definition) is 1. The van der Waals surface area contributed by atoms with E-state index in [0.717, 1.165) is 0 Å². The molecular formula is C12H14O3. The van der Waals surface area contributed by atoms with Crippen molar-refractivity contribution < 1.29 is 14.7 Å². The molecule has 1 aromatic rings. The zero-order valence-corrected chi connectivity index (χ0v) is 9.34. The summed E-state index contributed by atoms with van der Waals surface area (Å²) in [6.45, 7) is 6.26. The van der Waals surface area contributed by atoms with E-state index in [1.807, 2.05) is 0 Å². The zero-order valence-electron chi connectivity index (χ0n) is 9.34. The Morgan fingerprint density at radius 3 is 1.93 bits per heavy atom. The SMILES string of the molecule is CC(=O)c1c(C)cc(O)c(C(C)=O)c1C. The standard InChI is InChI=1S/C12H14O3/c1-6-5-10(15)12(9(4)14)7(2)11(6)8(3)13/h5,15H,1-4H3. The number of phenolic OH excluding ortho intramolecular Hbond substituents is 1. The predicted molar refractivity (Wildman–Crippen MR) is 57.6 cm³/mol. The van der Waals surface area contributed by atoms with Crippen molar-refractivity contribution in [1.29, 1.82) is 0 Å². The molecule has 1 N–H and O–H groups in total. The van der Waals surface area contributed by atoms with E-state index in [9.17, 15) is 14.7 Å². The van der Waals surface area contributed by atoms with Crippen molar-refractivity contribution in [3.05, 3.63) is 28.3 Å². The maximum atomic E-state index is 11.4. The van der Waals surface area contributed by atoms with Gasteiger partial charge in [-0.05, 0) is 44.9 Å². The highest BCUT2D eigenvalue weighted by Gasteiger charge is 2.18. The molecule has 0 heterocycles. The molecule has 0 unspecified atom stereocenters. The van der Waals surface area contributed by atoms with Crippen molar-refractivity contribution in [3.63, 3.8) is 0 Å². The summed E-state index contributed by atoms with van der Waals surface area (Å²) in [6, 6.07) is 1.46. The van der Waals surface area contributed by atoms with Gasteiger partial charge in [0.2, 0.25) is 0 Å². The Hall–Kier alpha value is -1.64. The Balaban J connectivity index is 3.64. The minimum atomic E-state index is -0.229. The van der Waals surface area contributed by atoms with Gasteiger partial charge in [0.05, 0.1) is 5.56 Å². The summed E-state index contributed by atoms with van der Waals surface area (Å²) in [5, 5.41) is 9.62. The number of ketones is 2. The second-order valence-electron chi connectivity index (χ2n) is 3.70. The third kappa shape index (κ3) is 1.91. The lowest BCUT2D eigenvalue weighted by Gasteiger charge is -2.12. The molecule has 3 heteroatoms. The van der Waals surface area contributed by atoms with Gasteiger partial charge in [0.1, 0.15) is 5.75 Å². The molecule has 0 saturated heterocycles. The van der Waals surface area contributed by atoms with E-state index < -0.39 is 0 Å². The molecule has 0 spiro atoms. The summed E-state index contributed by atoms with van der Waals surface area (Å²) in [5.74, 6) is -0.373. The van der Waals surface area contributed by atoms with Gasteiger partial charge in [0.15, 0.2) is 11.6 Å². The summed E-state index contributed by atoms with van der Waals surface area (Å²) < 4.78 is 0. The van der Waals surface area contributed by atoms with Gasteiger partial charge in [-0.25, -0.2) is 0 Å². The van der Waals surface area contributed by atoms with Gasteiger partial charge in [-0.2, -0.15) is 0 Å². The Labute approximate surface area is 88.7 Å². The summed E-state index contributed by atoms with van der Waals surface area (Å²) >= 11 is 0. The number of benzene rings is 1. The quantitative estimate of drug-likeness (QED) is 0.756. The number of phenols is 1. The van der Waals surface area contributed by atoms with Gasteiger partial charge >= 0.3 is 0 Å². The van der Waals surface area contributed by atoms with Crippen LogP contribution in [-0.2, 0) is 0 Å². The third-order valence-corrected chi connectivity index (χ3v) is 2.46. The van der Waals surface area contributed by atoms with Crippen molar-refractivity contribution in [1.82, 2.24) is 0 Å². The zero-order chi connectivity index (χ0) is 11.7. The molecule has 15 heavy (non-hydrogen) atoms. The number of rotatable bonds is 2. The topological polar surface area (TPSA) is 54.4 Å². The largest absolute Gasteiger partial charge is 0.507 e. The van der Waals surface area contributed by atoms with Crippen molar-refractivity contribution in [3.8, 4) is 5.75 Å². The van der Waals surface area contributed by atoms with Gasteiger partial charge in [0, 0.05) is 5.56 Å². The highest BCUT2D eigenvalue weighted by Crippen LogP contribution is 2.28. The molecule has 0 aliphatic rings. The summed E-state index contributed by atoms with van der Waals surface area (Å²) in [7, 11) is 0. The Kier molecular flexibility index (Phi) is 2.93. The molecule has 0 amide bonds. The summed E-state index contributed by atoms with van der Waals surface area (Å²) in [5.41, 5.74) is 2.03. The lowest BCUT2D eigenvalue weighted by Crippen LogP contribution is -2.06. The first-order valence-electron chi connectivity index (χ1n) is 4.71. The van der Waals surface area contributed by atoms with Crippen LogP contribution in [0.2, 0.25) is 0 Å². The molecule has 0 aliphatic heterocycles. The molecule has 1 rings (SSSR count). The van der Waals surface area contributed by atoms with Crippen LogP contribution in [0.15, 0.2) is 6.07 Å². The van der Waals surface area contributed by atoms with Crippen LogP contribution < -0.4 is 0 Å². The van der Waals surface area contributed by atoms with Crippen molar-refractivity contribution in [2.45, 2.75) is 27.7 Å². The first-order chi connectivity index (χ1) is 6.86. The number of carbonyl (C=O) groups is 2. The van der Waals surface area contributed by atoms with Crippen LogP contribution in [0.1, 0.15) is 45.7 Å². The normalized spacial score (nSPS) is 10.1. The summed E-state index contributed by atoms with van der Waals surface area (Å²) in [4.78, 5) is 22.7. The van der Waals surface area contributed by atoms with Gasteiger partial charge in [-0.15, -0.1) is 0 Å². The summed E-state index contributed by atoms with van der Waals surface area (Å²) in [6.07, 6.45) is 0. The average Bonchev–Trinajstić information content (AvgIpc) is 1.99. The van der Waals surface area contributed by atoms with Crippen LogP contribution in [0.25, 0.3) is 0 Å². The van der Waals surface area contributed by atoms with Gasteiger partial charge in [0.25, 0.3) is 0 Å².